The molecular weight excluding hydrogens is 328 g/mol. The highest BCUT2D eigenvalue weighted by molar-refractivity contribution is 5.95. The summed E-state index contributed by atoms with van der Waals surface area (Å²) in [4.78, 5) is 11.1. The van der Waals surface area contributed by atoms with E-state index in [1.807, 2.05) is 29.3 Å². The summed E-state index contributed by atoms with van der Waals surface area (Å²) in [7, 11) is 1.66. The second-order valence-electron chi connectivity index (χ2n) is 7.30. The van der Waals surface area contributed by atoms with Crippen LogP contribution in [0.3, 0.4) is 0 Å². The molecule has 1 N–H and O–H groups in total. The van der Waals surface area contributed by atoms with E-state index >= 15 is 0 Å². The summed E-state index contributed by atoms with van der Waals surface area (Å²) < 4.78 is 5.27. The fourth-order valence-electron chi connectivity index (χ4n) is 3.43. The lowest BCUT2D eigenvalue weighted by molar-refractivity contribution is 0.0697. The maximum atomic E-state index is 11.1. The number of aromatic carboxylic acids is 1. The molecule has 0 spiro atoms. The summed E-state index contributed by atoms with van der Waals surface area (Å²) in [6.07, 6.45) is 3.27. The van der Waals surface area contributed by atoms with Gasteiger partial charge in [-0.25, -0.2) is 4.79 Å². The number of carboxylic acids is 1. The average Bonchev–Trinajstić information content (AvgIpc) is 3.25. The van der Waals surface area contributed by atoms with Crippen LogP contribution in [0.25, 0.3) is 0 Å². The van der Waals surface area contributed by atoms with E-state index in [1.54, 1.807) is 19.2 Å². The molecule has 1 saturated carbocycles. The Morgan fingerprint density at radius 2 is 1.81 bits per heavy atom. The molecule has 0 aromatic heterocycles. The predicted octanol–water partition coefficient (Wildman–Crippen LogP) is 4.50. The van der Waals surface area contributed by atoms with Crippen LogP contribution in [-0.2, 0) is 0 Å². The number of carbonyl (C=O) groups is 1. The van der Waals surface area contributed by atoms with Crippen LogP contribution in [0.1, 0.15) is 48.1 Å². The van der Waals surface area contributed by atoms with Crippen molar-refractivity contribution in [1.29, 1.82) is 0 Å². The van der Waals surface area contributed by atoms with Gasteiger partial charge in [0.15, 0.2) is 0 Å². The molecule has 1 aliphatic heterocycles. The number of nitrogens with zero attached hydrogens (tertiary/aromatic N) is 2. The molecule has 1 fully saturated rings. The third-order valence-corrected chi connectivity index (χ3v) is 5.49. The first kappa shape index (κ1) is 16.6. The number of methoxy groups -OCH3 is 1. The minimum Gasteiger partial charge on any atom is -0.497 e. The minimum absolute atomic E-state index is 0.115. The Bertz CT molecular complexity index is 852. The molecule has 0 amide bonds. The molecule has 26 heavy (non-hydrogen) atoms. The normalized spacial score (nSPS) is 20.6. The van der Waals surface area contributed by atoms with Gasteiger partial charge in [0.1, 0.15) is 5.75 Å². The first-order valence-corrected chi connectivity index (χ1v) is 8.85. The van der Waals surface area contributed by atoms with Crippen LogP contribution in [0.2, 0.25) is 0 Å². The Morgan fingerprint density at radius 1 is 1.15 bits per heavy atom. The SMILES string of the molecule is COc1ccc(C2CC(C3(C)CC3)=NN2c2ccc(C(=O)O)cc2)cc1. The maximum absolute atomic E-state index is 11.1. The maximum Gasteiger partial charge on any atom is 0.335 e. The van der Waals surface area contributed by atoms with Gasteiger partial charge >= 0.3 is 5.97 Å². The van der Waals surface area contributed by atoms with E-state index in [0.29, 0.717) is 0 Å². The number of rotatable bonds is 5. The Kier molecular flexibility index (Phi) is 3.94. The van der Waals surface area contributed by atoms with Gasteiger partial charge in [0, 0.05) is 17.5 Å². The third-order valence-electron chi connectivity index (χ3n) is 5.49. The summed E-state index contributed by atoms with van der Waals surface area (Å²) in [6, 6.07) is 15.2. The summed E-state index contributed by atoms with van der Waals surface area (Å²) in [5, 5.41) is 16.1. The first-order chi connectivity index (χ1) is 12.5. The number of benzene rings is 2. The molecule has 1 atom stereocenters. The zero-order valence-electron chi connectivity index (χ0n) is 15.0. The van der Waals surface area contributed by atoms with E-state index < -0.39 is 5.97 Å². The zero-order chi connectivity index (χ0) is 18.3. The zero-order valence-corrected chi connectivity index (χ0v) is 15.0. The van der Waals surface area contributed by atoms with Gasteiger partial charge in [0.25, 0.3) is 0 Å². The van der Waals surface area contributed by atoms with E-state index in [1.165, 1.54) is 24.1 Å². The standard InChI is InChI=1S/C21H22N2O3/c1-21(11-12-21)19-13-18(14-5-9-17(26-2)10-6-14)23(22-19)16-7-3-15(4-8-16)20(24)25/h3-10,18H,11-13H2,1-2H3,(H,24,25). The van der Waals surface area contributed by atoms with Crippen LogP contribution in [0, 0.1) is 5.41 Å². The average molecular weight is 350 g/mol. The lowest BCUT2D eigenvalue weighted by Gasteiger charge is -2.24. The van der Waals surface area contributed by atoms with Gasteiger partial charge in [-0.2, -0.15) is 5.10 Å². The predicted molar refractivity (Wildman–Crippen MR) is 101 cm³/mol. The summed E-state index contributed by atoms with van der Waals surface area (Å²) in [5.41, 5.74) is 3.83. The molecule has 1 unspecified atom stereocenters. The molecule has 134 valence electrons. The Balaban J connectivity index is 1.68. The van der Waals surface area contributed by atoms with Gasteiger partial charge in [-0.3, -0.25) is 5.01 Å². The van der Waals surface area contributed by atoms with Crippen molar-refractivity contribution in [3.63, 3.8) is 0 Å². The van der Waals surface area contributed by atoms with E-state index in [9.17, 15) is 4.79 Å². The molecule has 2 aromatic rings. The molecule has 5 heteroatoms. The summed E-state index contributed by atoms with van der Waals surface area (Å²) >= 11 is 0. The highest BCUT2D eigenvalue weighted by Crippen LogP contribution is 2.51. The molecule has 1 heterocycles. The Labute approximate surface area is 152 Å². The van der Waals surface area contributed by atoms with Crippen molar-refractivity contribution in [3.8, 4) is 5.75 Å². The number of ether oxygens (including phenoxy) is 1. The van der Waals surface area contributed by atoms with Gasteiger partial charge in [-0.1, -0.05) is 19.1 Å². The van der Waals surface area contributed by atoms with Gasteiger partial charge in [-0.15, -0.1) is 0 Å². The molecule has 5 nitrogen and oxygen atoms in total. The molecule has 0 radical (unpaired) electrons. The molecule has 1 aliphatic carbocycles. The summed E-state index contributed by atoms with van der Waals surface area (Å²) in [5.74, 6) is -0.0845. The van der Waals surface area contributed by atoms with Crippen molar-refractivity contribution in [2.75, 3.05) is 12.1 Å². The molecule has 0 saturated heterocycles. The molecular formula is C21H22N2O3. The van der Waals surface area contributed by atoms with E-state index in [0.717, 1.165) is 17.9 Å². The molecule has 2 aromatic carbocycles. The highest BCUT2D eigenvalue weighted by Gasteiger charge is 2.46. The van der Waals surface area contributed by atoms with Crippen molar-refractivity contribution >= 4 is 17.4 Å². The van der Waals surface area contributed by atoms with E-state index in [4.69, 9.17) is 14.9 Å². The molecule has 0 bridgehead atoms. The van der Waals surface area contributed by atoms with Crippen molar-refractivity contribution in [2.45, 2.75) is 32.2 Å². The van der Waals surface area contributed by atoms with Gasteiger partial charge in [0.05, 0.1) is 24.4 Å². The summed E-state index contributed by atoms with van der Waals surface area (Å²) in [6.45, 7) is 2.27. The van der Waals surface area contributed by atoms with Crippen molar-refractivity contribution in [2.24, 2.45) is 10.5 Å². The molecule has 2 aliphatic rings. The number of anilines is 1. The number of carboxylic acid groups (broad SMARTS) is 1. The number of hydrogen-bond acceptors (Lipinski definition) is 4. The second kappa shape index (κ2) is 6.16. The van der Waals surface area contributed by atoms with Crippen LogP contribution < -0.4 is 9.75 Å². The lowest BCUT2D eigenvalue weighted by atomic mass is 9.94. The molecule has 4 rings (SSSR count). The minimum atomic E-state index is -0.917. The highest BCUT2D eigenvalue weighted by atomic mass is 16.5. The van der Waals surface area contributed by atoms with Crippen molar-refractivity contribution in [1.82, 2.24) is 0 Å². The van der Waals surface area contributed by atoms with Gasteiger partial charge in [0.2, 0.25) is 0 Å². The fourth-order valence-corrected chi connectivity index (χ4v) is 3.43. The quantitative estimate of drug-likeness (QED) is 0.862. The monoisotopic (exact) mass is 350 g/mol. The Morgan fingerprint density at radius 3 is 2.35 bits per heavy atom. The second-order valence-corrected chi connectivity index (χ2v) is 7.30. The van der Waals surface area contributed by atoms with Crippen molar-refractivity contribution in [3.05, 3.63) is 59.7 Å². The number of hydrazone groups is 1. The van der Waals surface area contributed by atoms with E-state index in [-0.39, 0.29) is 17.0 Å². The third kappa shape index (κ3) is 2.94. The van der Waals surface area contributed by atoms with Crippen LogP contribution in [0.4, 0.5) is 5.69 Å². The number of hydrogen-bond donors (Lipinski definition) is 1. The van der Waals surface area contributed by atoms with Gasteiger partial charge in [-0.05, 0) is 54.8 Å². The van der Waals surface area contributed by atoms with Crippen molar-refractivity contribution < 1.29 is 14.6 Å². The lowest BCUT2D eigenvalue weighted by Crippen LogP contribution is -2.18. The largest absolute Gasteiger partial charge is 0.497 e. The smallest absolute Gasteiger partial charge is 0.335 e. The van der Waals surface area contributed by atoms with Crippen LogP contribution in [0.15, 0.2) is 53.6 Å². The van der Waals surface area contributed by atoms with Crippen LogP contribution >= 0.6 is 0 Å². The van der Waals surface area contributed by atoms with Crippen LogP contribution in [0.5, 0.6) is 5.75 Å². The van der Waals surface area contributed by atoms with Crippen LogP contribution in [-0.4, -0.2) is 23.9 Å². The first-order valence-electron chi connectivity index (χ1n) is 8.85. The van der Waals surface area contributed by atoms with Gasteiger partial charge < -0.3 is 9.84 Å². The topological polar surface area (TPSA) is 62.1 Å². The fraction of sp³-hybridized carbons (Fsp3) is 0.333. The Hall–Kier alpha value is -2.82. The van der Waals surface area contributed by atoms with E-state index in [2.05, 4.69) is 19.1 Å².